The van der Waals surface area contributed by atoms with Gasteiger partial charge < -0.3 is 5.32 Å². The van der Waals surface area contributed by atoms with E-state index in [9.17, 15) is 10.1 Å². The van der Waals surface area contributed by atoms with Crippen molar-refractivity contribution in [3.8, 4) is 17.3 Å². The number of rotatable bonds is 4. The number of hydrogen-bond acceptors (Lipinski definition) is 4. The summed E-state index contributed by atoms with van der Waals surface area (Å²) in [5.41, 5.74) is 4.29. The standard InChI is InChI=1S/C27H21Cl2N3OS/c1-2-15-7-9-18-20(14-30)27(34-25(18)11-15)32-26(33)19-13-24(16-8-10-21(28)22(29)12-16)31-23-6-4-3-5-17(19)23/h3-6,8,10,12-13,15H,2,7,9,11H2,1H3,(H,32,33)/t15-/m1/s1. The minimum Gasteiger partial charge on any atom is -0.312 e. The van der Waals surface area contributed by atoms with Gasteiger partial charge in [-0.2, -0.15) is 5.26 Å². The monoisotopic (exact) mass is 505 g/mol. The first-order valence-electron chi connectivity index (χ1n) is 11.2. The summed E-state index contributed by atoms with van der Waals surface area (Å²) in [6.07, 6.45) is 4.08. The van der Waals surface area contributed by atoms with Crippen LogP contribution in [0.5, 0.6) is 0 Å². The summed E-state index contributed by atoms with van der Waals surface area (Å²) in [6.45, 7) is 2.21. The maximum absolute atomic E-state index is 13.5. The Morgan fingerprint density at radius 2 is 2.03 bits per heavy atom. The van der Waals surface area contributed by atoms with Gasteiger partial charge in [0.2, 0.25) is 0 Å². The molecule has 4 nitrogen and oxygen atoms in total. The number of nitrogens with zero attached hydrogens (tertiary/aromatic N) is 2. The van der Waals surface area contributed by atoms with Gasteiger partial charge in [0.05, 0.1) is 32.4 Å². The van der Waals surface area contributed by atoms with E-state index < -0.39 is 0 Å². The zero-order valence-electron chi connectivity index (χ0n) is 18.5. The number of anilines is 1. The predicted octanol–water partition coefficient (Wildman–Crippen LogP) is 7.91. The van der Waals surface area contributed by atoms with E-state index in [1.54, 1.807) is 18.2 Å². The zero-order valence-corrected chi connectivity index (χ0v) is 20.8. The molecule has 0 fully saturated rings. The number of carbonyl (C=O) groups excluding carboxylic acids is 1. The van der Waals surface area contributed by atoms with Gasteiger partial charge in [-0.05, 0) is 55.0 Å². The van der Waals surface area contributed by atoms with E-state index in [0.717, 1.165) is 42.2 Å². The van der Waals surface area contributed by atoms with E-state index in [-0.39, 0.29) is 5.91 Å². The molecule has 1 amide bonds. The lowest BCUT2D eigenvalue weighted by Gasteiger charge is -2.20. The molecule has 0 saturated carbocycles. The average molecular weight is 506 g/mol. The number of fused-ring (bicyclic) bond motifs is 2. The summed E-state index contributed by atoms with van der Waals surface area (Å²) in [6, 6.07) is 16.9. The van der Waals surface area contributed by atoms with Gasteiger partial charge in [-0.15, -0.1) is 11.3 Å². The van der Waals surface area contributed by atoms with E-state index in [2.05, 4.69) is 18.3 Å². The first-order valence-corrected chi connectivity index (χ1v) is 12.8. The third-order valence-electron chi connectivity index (χ3n) is 6.46. The van der Waals surface area contributed by atoms with Gasteiger partial charge in [-0.3, -0.25) is 4.79 Å². The number of nitriles is 1. The van der Waals surface area contributed by atoms with E-state index in [0.29, 0.717) is 43.3 Å². The molecule has 1 N–H and O–H groups in total. The van der Waals surface area contributed by atoms with Crippen molar-refractivity contribution in [3.05, 3.63) is 80.1 Å². The fourth-order valence-corrected chi connectivity index (χ4v) is 6.15. The molecule has 170 valence electrons. The molecule has 2 aromatic heterocycles. The van der Waals surface area contributed by atoms with Gasteiger partial charge >= 0.3 is 0 Å². The van der Waals surface area contributed by atoms with Crippen LogP contribution in [0.2, 0.25) is 10.0 Å². The van der Waals surface area contributed by atoms with Gasteiger partial charge in [0.1, 0.15) is 11.1 Å². The molecular weight excluding hydrogens is 485 g/mol. The molecule has 5 rings (SSSR count). The lowest BCUT2D eigenvalue weighted by atomic mass is 9.86. The number of para-hydroxylation sites is 1. The van der Waals surface area contributed by atoms with E-state index >= 15 is 0 Å². The molecule has 7 heteroatoms. The van der Waals surface area contributed by atoms with Crippen molar-refractivity contribution in [2.75, 3.05) is 5.32 Å². The van der Waals surface area contributed by atoms with Crippen LogP contribution in [0.15, 0.2) is 48.5 Å². The fraction of sp³-hybridized carbons (Fsp3) is 0.222. The lowest BCUT2D eigenvalue weighted by molar-refractivity contribution is 0.102. The second kappa shape index (κ2) is 9.38. The van der Waals surface area contributed by atoms with Crippen molar-refractivity contribution in [2.24, 2.45) is 5.92 Å². The van der Waals surface area contributed by atoms with Gasteiger partial charge in [0.15, 0.2) is 0 Å². The maximum Gasteiger partial charge on any atom is 0.257 e. The molecule has 34 heavy (non-hydrogen) atoms. The molecular formula is C27H21Cl2N3OS. The minimum atomic E-state index is -0.262. The van der Waals surface area contributed by atoms with Crippen molar-refractivity contribution in [3.63, 3.8) is 0 Å². The van der Waals surface area contributed by atoms with Gasteiger partial charge in [-0.25, -0.2) is 4.98 Å². The van der Waals surface area contributed by atoms with Crippen LogP contribution in [0.1, 0.15) is 46.1 Å². The number of nitrogens with one attached hydrogen (secondary N) is 1. The Kier molecular flexibility index (Phi) is 6.31. The number of halogens is 2. The van der Waals surface area contributed by atoms with Crippen LogP contribution in [0.25, 0.3) is 22.2 Å². The largest absolute Gasteiger partial charge is 0.312 e. The molecule has 1 aliphatic rings. The van der Waals surface area contributed by atoms with Crippen LogP contribution < -0.4 is 5.32 Å². The Morgan fingerprint density at radius 3 is 2.79 bits per heavy atom. The van der Waals surface area contributed by atoms with Crippen LogP contribution in [0.3, 0.4) is 0 Å². The van der Waals surface area contributed by atoms with Crippen molar-refractivity contribution < 1.29 is 4.79 Å². The highest BCUT2D eigenvalue weighted by atomic mass is 35.5. The zero-order chi connectivity index (χ0) is 23.8. The highest BCUT2D eigenvalue weighted by Crippen LogP contribution is 2.40. The molecule has 0 unspecified atom stereocenters. The van der Waals surface area contributed by atoms with Gasteiger partial charge in [0, 0.05) is 15.8 Å². The van der Waals surface area contributed by atoms with Crippen molar-refractivity contribution >= 4 is 56.3 Å². The van der Waals surface area contributed by atoms with Crippen molar-refractivity contribution in [1.29, 1.82) is 5.26 Å². The summed E-state index contributed by atoms with van der Waals surface area (Å²) >= 11 is 13.8. The Labute approximate surface area is 212 Å². The molecule has 0 saturated heterocycles. The van der Waals surface area contributed by atoms with E-state index in [1.165, 1.54) is 16.2 Å². The number of aromatic nitrogens is 1. The van der Waals surface area contributed by atoms with Crippen LogP contribution in [0, 0.1) is 17.2 Å². The predicted molar refractivity (Wildman–Crippen MR) is 140 cm³/mol. The summed E-state index contributed by atoms with van der Waals surface area (Å²) in [5.74, 6) is 0.376. The molecule has 2 aromatic carbocycles. The van der Waals surface area contributed by atoms with Gasteiger partial charge in [-0.1, -0.05) is 60.8 Å². The highest BCUT2D eigenvalue weighted by molar-refractivity contribution is 7.16. The second-order valence-electron chi connectivity index (χ2n) is 8.49. The molecule has 2 heterocycles. The molecule has 0 aliphatic heterocycles. The SMILES string of the molecule is CC[C@@H]1CCc2c(sc(NC(=O)c3cc(-c4ccc(Cl)c(Cl)c4)nc4ccccc34)c2C#N)C1. The molecule has 0 spiro atoms. The number of hydrogen-bond donors (Lipinski definition) is 1. The summed E-state index contributed by atoms with van der Waals surface area (Å²) in [5, 5.41) is 15.2. The first-order chi connectivity index (χ1) is 16.5. The van der Waals surface area contributed by atoms with Crippen molar-refractivity contribution in [2.45, 2.75) is 32.6 Å². The Morgan fingerprint density at radius 1 is 1.21 bits per heavy atom. The number of pyridine rings is 1. The van der Waals surface area contributed by atoms with Crippen LogP contribution in [0.4, 0.5) is 5.00 Å². The second-order valence-corrected chi connectivity index (χ2v) is 10.4. The smallest absolute Gasteiger partial charge is 0.257 e. The minimum absolute atomic E-state index is 0.262. The highest BCUT2D eigenvalue weighted by Gasteiger charge is 2.26. The summed E-state index contributed by atoms with van der Waals surface area (Å²) in [4.78, 5) is 19.5. The molecule has 4 aromatic rings. The Bertz CT molecular complexity index is 1470. The summed E-state index contributed by atoms with van der Waals surface area (Å²) < 4.78 is 0. The third-order valence-corrected chi connectivity index (χ3v) is 8.37. The fourth-order valence-electron chi connectivity index (χ4n) is 4.55. The number of carbonyl (C=O) groups is 1. The summed E-state index contributed by atoms with van der Waals surface area (Å²) in [7, 11) is 0. The molecule has 1 aliphatic carbocycles. The first kappa shape index (κ1) is 22.9. The van der Waals surface area contributed by atoms with Crippen molar-refractivity contribution in [1.82, 2.24) is 4.98 Å². The quantitative estimate of drug-likeness (QED) is 0.306. The van der Waals surface area contributed by atoms with Gasteiger partial charge in [0.25, 0.3) is 5.91 Å². The Balaban J connectivity index is 1.56. The molecule has 0 bridgehead atoms. The van der Waals surface area contributed by atoms with E-state index in [4.69, 9.17) is 28.2 Å². The Hall–Kier alpha value is -2.91. The normalized spacial score (nSPS) is 15.1. The average Bonchev–Trinajstić information content (AvgIpc) is 3.20. The molecule has 1 atom stereocenters. The van der Waals surface area contributed by atoms with Crippen LogP contribution in [-0.2, 0) is 12.8 Å². The maximum atomic E-state index is 13.5. The van der Waals surface area contributed by atoms with Crippen LogP contribution in [-0.4, -0.2) is 10.9 Å². The number of benzene rings is 2. The topological polar surface area (TPSA) is 65.8 Å². The number of thiophene rings is 1. The third kappa shape index (κ3) is 4.18. The number of amides is 1. The molecule has 0 radical (unpaired) electrons. The lowest BCUT2D eigenvalue weighted by Crippen LogP contribution is -2.13. The van der Waals surface area contributed by atoms with Crippen LogP contribution >= 0.6 is 34.5 Å². The van der Waals surface area contributed by atoms with E-state index in [1.807, 2.05) is 30.3 Å².